The van der Waals surface area contributed by atoms with Crippen LogP contribution in [0.15, 0.2) is 6.33 Å². The summed E-state index contributed by atoms with van der Waals surface area (Å²) >= 11 is 1.65. The zero-order chi connectivity index (χ0) is 15.7. The lowest BCUT2D eigenvalue weighted by Gasteiger charge is -2.15. The van der Waals surface area contributed by atoms with E-state index in [0.29, 0.717) is 13.2 Å². The maximum atomic E-state index is 5.11. The Bertz CT molecular complexity index is 740. The second kappa shape index (κ2) is 6.01. The fourth-order valence-corrected chi connectivity index (χ4v) is 3.29. The highest BCUT2D eigenvalue weighted by molar-refractivity contribution is 7.22. The molecule has 0 amide bonds. The Labute approximate surface area is 132 Å². The summed E-state index contributed by atoms with van der Waals surface area (Å²) in [6, 6.07) is 0. The molecule has 0 atom stereocenters. The highest BCUT2D eigenvalue weighted by Crippen LogP contribution is 2.30. The molecule has 9 heteroatoms. The number of methoxy groups -OCH3 is 1. The number of aromatic nitrogens is 6. The van der Waals surface area contributed by atoms with Crippen molar-refractivity contribution in [1.29, 1.82) is 0 Å². The van der Waals surface area contributed by atoms with Crippen molar-refractivity contribution in [3.8, 4) is 0 Å². The van der Waals surface area contributed by atoms with Crippen molar-refractivity contribution in [3.63, 3.8) is 0 Å². The van der Waals surface area contributed by atoms with Gasteiger partial charge in [-0.3, -0.25) is 0 Å². The average molecular weight is 321 g/mol. The first kappa shape index (κ1) is 14.9. The predicted octanol–water partition coefficient (Wildman–Crippen LogP) is 1.21. The fraction of sp³-hybridized carbons (Fsp3) is 0.538. The van der Waals surface area contributed by atoms with Crippen molar-refractivity contribution in [1.82, 2.24) is 29.5 Å². The lowest BCUT2D eigenvalue weighted by Crippen LogP contribution is -2.20. The molecule has 0 bridgehead atoms. The number of ether oxygens (including phenoxy) is 1. The van der Waals surface area contributed by atoms with Gasteiger partial charge in [0.05, 0.1) is 23.5 Å². The van der Waals surface area contributed by atoms with Gasteiger partial charge >= 0.3 is 0 Å². The fourth-order valence-electron chi connectivity index (χ4n) is 2.29. The van der Waals surface area contributed by atoms with Crippen LogP contribution in [0.4, 0.5) is 5.13 Å². The third-order valence-electron chi connectivity index (χ3n) is 3.47. The van der Waals surface area contributed by atoms with Crippen LogP contribution < -0.4 is 4.90 Å². The van der Waals surface area contributed by atoms with Crippen LogP contribution >= 0.6 is 11.3 Å². The molecule has 0 aliphatic heterocycles. The number of fused-ring (bicyclic) bond motifs is 1. The van der Waals surface area contributed by atoms with E-state index in [1.54, 1.807) is 24.8 Å². The van der Waals surface area contributed by atoms with Crippen LogP contribution in [0.3, 0.4) is 0 Å². The SMILES string of the molecule is COCCn1cnnc1CN(C)c1nc2c(s1)c(C)nn2C. The van der Waals surface area contributed by atoms with Crippen LogP contribution in [0.25, 0.3) is 10.3 Å². The van der Waals surface area contributed by atoms with Crippen LogP contribution in [-0.4, -0.2) is 50.3 Å². The van der Waals surface area contributed by atoms with E-state index in [4.69, 9.17) is 4.74 Å². The minimum atomic E-state index is 0.640. The van der Waals surface area contributed by atoms with Crippen LogP contribution in [0, 0.1) is 6.92 Å². The highest BCUT2D eigenvalue weighted by atomic mass is 32.1. The van der Waals surface area contributed by atoms with E-state index >= 15 is 0 Å². The number of hydrogen-bond donors (Lipinski definition) is 0. The lowest BCUT2D eigenvalue weighted by atomic mass is 10.5. The molecule has 3 aromatic rings. The van der Waals surface area contributed by atoms with E-state index in [0.717, 1.165) is 33.5 Å². The average Bonchev–Trinajstić information content (AvgIpc) is 3.16. The smallest absolute Gasteiger partial charge is 0.188 e. The Kier molecular flexibility index (Phi) is 4.08. The van der Waals surface area contributed by atoms with E-state index in [1.165, 1.54) is 0 Å². The summed E-state index contributed by atoms with van der Waals surface area (Å²) in [5, 5.41) is 13.5. The summed E-state index contributed by atoms with van der Waals surface area (Å²) < 4.78 is 10.1. The number of anilines is 1. The molecule has 0 aliphatic carbocycles. The Morgan fingerprint density at radius 1 is 1.41 bits per heavy atom. The van der Waals surface area contributed by atoms with E-state index in [-0.39, 0.29) is 0 Å². The predicted molar refractivity (Wildman–Crippen MR) is 85.1 cm³/mol. The van der Waals surface area contributed by atoms with Gasteiger partial charge in [0.1, 0.15) is 6.33 Å². The topological polar surface area (TPSA) is 73.9 Å². The van der Waals surface area contributed by atoms with Crippen LogP contribution in [-0.2, 0) is 24.9 Å². The minimum absolute atomic E-state index is 0.640. The van der Waals surface area contributed by atoms with E-state index in [1.807, 2.05) is 30.3 Å². The lowest BCUT2D eigenvalue weighted by molar-refractivity contribution is 0.186. The number of hydrogen-bond acceptors (Lipinski definition) is 7. The number of nitrogens with zero attached hydrogens (tertiary/aromatic N) is 7. The quantitative estimate of drug-likeness (QED) is 0.679. The number of rotatable bonds is 6. The van der Waals surface area contributed by atoms with Crippen LogP contribution in [0.5, 0.6) is 0 Å². The third-order valence-corrected chi connectivity index (χ3v) is 4.74. The second-order valence-corrected chi connectivity index (χ2v) is 6.13. The Hall–Kier alpha value is -2.00. The number of thiazole rings is 1. The molecule has 0 saturated heterocycles. The maximum absolute atomic E-state index is 5.11. The summed E-state index contributed by atoms with van der Waals surface area (Å²) in [5.41, 5.74) is 1.93. The molecule has 118 valence electrons. The summed E-state index contributed by atoms with van der Waals surface area (Å²) in [7, 11) is 5.61. The zero-order valence-electron chi connectivity index (χ0n) is 13.1. The molecule has 3 heterocycles. The van der Waals surface area contributed by atoms with Gasteiger partial charge in [-0.1, -0.05) is 11.3 Å². The monoisotopic (exact) mass is 321 g/mol. The van der Waals surface area contributed by atoms with Crippen molar-refractivity contribution in [2.24, 2.45) is 7.05 Å². The first-order chi connectivity index (χ1) is 10.6. The summed E-state index contributed by atoms with van der Waals surface area (Å²) in [5.74, 6) is 0.897. The highest BCUT2D eigenvalue weighted by Gasteiger charge is 2.16. The van der Waals surface area contributed by atoms with Gasteiger partial charge in [-0.25, -0.2) is 9.67 Å². The number of aryl methyl sites for hydroxylation is 2. The van der Waals surface area contributed by atoms with Gasteiger partial charge < -0.3 is 14.2 Å². The van der Waals surface area contributed by atoms with Crippen molar-refractivity contribution >= 4 is 26.8 Å². The minimum Gasteiger partial charge on any atom is -0.383 e. The Morgan fingerprint density at radius 2 is 2.23 bits per heavy atom. The van der Waals surface area contributed by atoms with E-state index in [2.05, 4.69) is 25.2 Å². The van der Waals surface area contributed by atoms with Crippen molar-refractivity contribution in [2.45, 2.75) is 20.0 Å². The maximum Gasteiger partial charge on any atom is 0.188 e. The molecule has 0 aliphatic rings. The molecule has 8 nitrogen and oxygen atoms in total. The Morgan fingerprint density at radius 3 is 2.95 bits per heavy atom. The van der Waals surface area contributed by atoms with Gasteiger partial charge in [-0.15, -0.1) is 10.2 Å². The molecule has 3 aromatic heterocycles. The van der Waals surface area contributed by atoms with Crippen LogP contribution in [0.1, 0.15) is 11.5 Å². The molecule has 0 N–H and O–H groups in total. The van der Waals surface area contributed by atoms with Crippen molar-refractivity contribution < 1.29 is 4.74 Å². The molecule has 0 unspecified atom stereocenters. The summed E-state index contributed by atoms with van der Waals surface area (Å²) in [4.78, 5) is 6.75. The van der Waals surface area contributed by atoms with E-state index < -0.39 is 0 Å². The van der Waals surface area contributed by atoms with Crippen molar-refractivity contribution in [3.05, 3.63) is 17.8 Å². The van der Waals surface area contributed by atoms with Gasteiger partial charge in [0, 0.05) is 27.7 Å². The normalized spacial score (nSPS) is 11.5. The first-order valence-electron chi connectivity index (χ1n) is 6.97. The molecule has 0 saturated carbocycles. The summed E-state index contributed by atoms with van der Waals surface area (Å²) in [6.07, 6.45) is 1.73. The van der Waals surface area contributed by atoms with Gasteiger partial charge in [0.15, 0.2) is 16.6 Å². The third kappa shape index (κ3) is 2.69. The van der Waals surface area contributed by atoms with E-state index in [9.17, 15) is 0 Å². The molecular formula is C13H19N7OS. The van der Waals surface area contributed by atoms with Gasteiger partial charge in [-0.2, -0.15) is 5.10 Å². The molecule has 0 radical (unpaired) electrons. The molecular weight excluding hydrogens is 302 g/mol. The standard InChI is InChI=1S/C13H19N7OS/c1-9-11-12(19(3)17-9)15-13(22-11)18(2)7-10-16-14-8-20(10)5-6-21-4/h8H,5-7H2,1-4H3. The van der Waals surface area contributed by atoms with Crippen molar-refractivity contribution in [2.75, 3.05) is 25.7 Å². The molecule has 0 fully saturated rings. The molecule has 3 rings (SSSR count). The van der Waals surface area contributed by atoms with Gasteiger partial charge in [-0.05, 0) is 6.92 Å². The molecule has 0 spiro atoms. The van der Waals surface area contributed by atoms with Gasteiger partial charge in [0.2, 0.25) is 0 Å². The second-order valence-electron chi connectivity index (χ2n) is 5.15. The molecule has 22 heavy (non-hydrogen) atoms. The molecule has 0 aromatic carbocycles. The summed E-state index contributed by atoms with van der Waals surface area (Å²) in [6.45, 7) is 4.04. The zero-order valence-corrected chi connectivity index (χ0v) is 14.0. The largest absolute Gasteiger partial charge is 0.383 e. The first-order valence-corrected chi connectivity index (χ1v) is 7.78. The van der Waals surface area contributed by atoms with Crippen LogP contribution in [0.2, 0.25) is 0 Å². The Balaban J connectivity index is 1.79. The van der Waals surface area contributed by atoms with Gasteiger partial charge in [0.25, 0.3) is 0 Å².